The number of amides is 2. The maximum Gasteiger partial charge on any atom is 0.323 e. The van der Waals surface area contributed by atoms with Crippen molar-refractivity contribution >= 4 is 23.5 Å². The summed E-state index contributed by atoms with van der Waals surface area (Å²) >= 11 is 0. The summed E-state index contributed by atoms with van der Waals surface area (Å²) in [4.78, 5) is 22.9. The number of urea groups is 1. The van der Waals surface area contributed by atoms with Crippen LogP contribution in [0.25, 0.3) is 6.08 Å². The molecule has 1 aliphatic rings. The average Bonchev–Trinajstić information content (AvgIpc) is 2.80. The van der Waals surface area contributed by atoms with Crippen LogP contribution in [0.15, 0.2) is 65.5 Å². The Balaban J connectivity index is 1.78. The van der Waals surface area contributed by atoms with Crippen molar-refractivity contribution in [3.63, 3.8) is 0 Å². The van der Waals surface area contributed by atoms with E-state index in [1.807, 2.05) is 49.4 Å². The zero-order valence-corrected chi connectivity index (χ0v) is 13.2. The molecule has 0 bridgehead atoms. The lowest BCUT2D eigenvalue weighted by Crippen LogP contribution is -2.20. The molecule has 0 heterocycles. The number of rotatable bonds is 3. The Labute approximate surface area is 140 Å². The third-order valence-corrected chi connectivity index (χ3v) is 3.81. The van der Waals surface area contributed by atoms with Gasteiger partial charge in [-0.05, 0) is 48.4 Å². The number of hydrogen-bond acceptors (Lipinski definition) is 3. The van der Waals surface area contributed by atoms with Gasteiger partial charge in [-0.15, -0.1) is 4.91 Å². The molecule has 0 fully saturated rings. The van der Waals surface area contributed by atoms with Crippen LogP contribution in [-0.4, -0.2) is 6.03 Å². The predicted octanol–water partition coefficient (Wildman–Crippen LogP) is 4.86. The number of hydrogen-bond donors (Lipinski definition) is 2. The Morgan fingerprint density at radius 2 is 1.83 bits per heavy atom. The summed E-state index contributed by atoms with van der Waals surface area (Å²) < 4.78 is 0. The van der Waals surface area contributed by atoms with Crippen LogP contribution in [-0.2, 0) is 6.42 Å². The molecule has 0 aliphatic heterocycles. The number of anilines is 2. The minimum absolute atomic E-state index is 0.313. The van der Waals surface area contributed by atoms with Crippen LogP contribution >= 0.6 is 0 Å². The van der Waals surface area contributed by atoms with E-state index in [1.165, 1.54) is 0 Å². The Hall–Kier alpha value is -3.21. The number of aryl methyl sites for hydroxylation is 1. The monoisotopic (exact) mass is 319 g/mol. The summed E-state index contributed by atoms with van der Waals surface area (Å²) in [5.41, 5.74) is 4.84. The summed E-state index contributed by atoms with van der Waals surface area (Å²) in [6, 6.07) is 12.9. The highest BCUT2D eigenvalue weighted by molar-refractivity contribution is 6.01. The molecule has 120 valence electrons. The number of nitroso groups, excluding NO2 is 1. The number of nitrogens with one attached hydrogen (secondary N) is 2. The molecular formula is C19H17N3O2. The molecule has 2 aromatic rings. The first-order valence-corrected chi connectivity index (χ1v) is 7.64. The second-order valence-corrected chi connectivity index (χ2v) is 5.58. The molecule has 0 saturated carbocycles. The largest absolute Gasteiger partial charge is 0.323 e. The van der Waals surface area contributed by atoms with Gasteiger partial charge in [-0.1, -0.05) is 42.0 Å². The zero-order chi connectivity index (χ0) is 16.9. The van der Waals surface area contributed by atoms with Crippen molar-refractivity contribution in [1.82, 2.24) is 0 Å². The van der Waals surface area contributed by atoms with Gasteiger partial charge in [0.1, 0.15) is 5.70 Å². The van der Waals surface area contributed by atoms with Crippen LogP contribution in [0.2, 0.25) is 0 Å². The van der Waals surface area contributed by atoms with E-state index >= 15 is 0 Å². The summed E-state index contributed by atoms with van der Waals surface area (Å²) in [6.45, 7) is 1.99. The van der Waals surface area contributed by atoms with Gasteiger partial charge >= 0.3 is 6.03 Å². The number of carbonyl (C=O) groups excluding carboxylic acids is 1. The Morgan fingerprint density at radius 3 is 2.58 bits per heavy atom. The second kappa shape index (κ2) is 6.91. The number of benzene rings is 2. The highest BCUT2D eigenvalue weighted by atomic mass is 16.3. The molecule has 5 heteroatoms. The van der Waals surface area contributed by atoms with Crippen molar-refractivity contribution in [2.75, 3.05) is 10.6 Å². The summed E-state index contributed by atoms with van der Waals surface area (Å²) in [7, 11) is 0. The average molecular weight is 319 g/mol. The second-order valence-electron chi connectivity index (χ2n) is 5.58. The molecule has 0 radical (unpaired) electrons. The highest BCUT2D eigenvalue weighted by Gasteiger charge is 2.11. The first-order chi connectivity index (χ1) is 11.7. The van der Waals surface area contributed by atoms with Crippen molar-refractivity contribution in [2.24, 2.45) is 5.18 Å². The third-order valence-electron chi connectivity index (χ3n) is 3.81. The normalized spacial score (nSPS) is 12.6. The van der Waals surface area contributed by atoms with E-state index in [1.54, 1.807) is 18.2 Å². The lowest BCUT2D eigenvalue weighted by atomic mass is 10.0. The molecule has 5 nitrogen and oxygen atoms in total. The van der Waals surface area contributed by atoms with Gasteiger partial charge in [0, 0.05) is 16.9 Å². The lowest BCUT2D eigenvalue weighted by Gasteiger charge is -2.12. The quantitative estimate of drug-likeness (QED) is 0.793. The topological polar surface area (TPSA) is 70.6 Å². The van der Waals surface area contributed by atoms with Crippen LogP contribution in [0.1, 0.15) is 16.7 Å². The van der Waals surface area contributed by atoms with E-state index in [9.17, 15) is 9.70 Å². The molecule has 0 unspecified atom stereocenters. The van der Waals surface area contributed by atoms with Crippen molar-refractivity contribution in [1.29, 1.82) is 0 Å². The van der Waals surface area contributed by atoms with Gasteiger partial charge < -0.3 is 10.6 Å². The van der Waals surface area contributed by atoms with Crippen LogP contribution in [0, 0.1) is 11.8 Å². The molecule has 3 rings (SSSR count). The SMILES string of the molecule is Cc1ccc(NC(=O)Nc2cccc3c2C=CC(N=O)=CC3)cc1. The highest BCUT2D eigenvalue weighted by Crippen LogP contribution is 2.26. The fraction of sp³-hybridized carbons (Fsp3) is 0.105. The molecule has 2 amide bonds. The minimum Gasteiger partial charge on any atom is -0.308 e. The summed E-state index contributed by atoms with van der Waals surface area (Å²) in [6.07, 6.45) is 5.82. The lowest BCUT2D eigenvalue weighted by molar-refractivity contribution is 0.262. The molecule has 2 N–H and O–H groups in total. The van der Waals surface area contributed by atoms with E-state index in [4.69, 9.17) is 0 Å². The molecule has 24 heavy (non-hydrogen) atoms. The van der Waals surface area contributed by atoms with E-state index in [0.29, 0.717) is 17.8 Å². The summed E-state index contributed by atoms with van der Waals surface area (Å²) in [5.74, 6) is 0. The molecule has 1 aliphatic carbocycles. The van der Waals surface area contributed by atoms with E-state index in [-0.39, 0.29) is 6.03 Å². The van der Waals surface area contributed by atoms with Crippen molar-refractivity contribution in [3.8, 4) is 0 Å². The van der Waals surface area contributed by atoms with E-state index in [2.05, 4.69) is 15.8 Å². The first kappa shape index (κ1) is 15.7. The number of nitrogens with zero attached hydrogens (tertiary/aromatic N) is 1. The van der Waals surface area contributed by atoms with Crippen molar-refractivity contribution in [3.05, 3.63) is 81.9 Å². The number of carbonyl (C=O) groups is 1. The van der Waals surface area contributed by atoms with E-state index < -0.39 is 0 Å². The Bertz CT molecular complexity index is 836. The van der Waals surface area contributed by atoms with Crippen LogP contribution < -0.4 is 10.6 Å². The van der Waals surface area contributed by atoms with E-state index in [0.717, 1.165) is 22.4 Å². The molecule has 0 spiro atoms. The van der Waals surface area contributed by atoms with Gasteiger partial charge in [-0.2, -0.15) is 0 Å². The fourth-order valence-electron chi connectivity index (χ4n) is 2.54. The molecule has 2 aromatic carbocycles. The van der Waals surface area contributed by atoms with Gasteiger partial charge in [0.15, 0.2) is 0 Å². The molecule has 0 saturated heterocycles. The molecule has 0 aromatic heterocycles. The Morgan fingerprint density at radius 1 is 1.04 bits per heavy atom. The zero-order valence-electron chi connectivity index (χ0n) is 13.2. The number of allylic oxidation sites excluding steroid dienone is 2. The van der Waals surface area contributed by atoms with Gasteiger partial charge in [-0.25, -0.2) is 4.79 Å². The summed E-state index contributed by atoms with van der Waals surface area (Å²) in [5, 5.41) is 8.63. The maximum atomic E-state index is 12.2. The maximum absolute atomic E-state index is 12.2. The minimum atomic E-state index is -0.313. The van der Waals surface area contributed by atoms with Gasteiger partial charge in [0.25, 0.3) is 0 Å². The van der Waals surface area contributed by atoms with Gasteiger partial charge in [0.2, 0.25) is 0 Å². The first-order valence-electron chi connectivity index (χ1n) is 7.64. The van der Waals surface area contributed by atoms with Crippen LogP contribution in [0.4, 0.5) is 16.2 Å². The predicted molar refractivity (Wildman–Crippen MR) is 96.9 cm³/mol. The standard InChI is InChI=1S/C19H17N3O2/c1-13-5-8-15(9-6-13)20-19(23)21-18-4-2-3-14-7-10-16(22-24)11-12-17(14)18/h2-6,8-12H,7H2,1H3,(H2,20,21,23). The van der Waals surface area contributed by atoms with Gasteiger partial charge in [-0.3, -0.25) is 0 Å². The third kappa shape index (κ3) is 3.57. The Kier molecular flexibility index (Phi) is 4.52. The van der Waals surface area contributed by atoms with Crippen molar-refractivity contribution in [2.45, 2.75) is 13.3 Å². The van der Waals surface area contributed by atoms with Gasteiger partial charge in [0.05, 0.1) is 0 Å². The van der Waals surface area contributed by atoms with Crippen molar-refractivity contribution < 1.29 is 4.79 Å². The molecular weight excluding hydrogens is 302 g/mol. The fourth-order valence-corrected chi connectivity index (χ4v) is 2.54. The number of fused-ring (bicyclic) bond motifs is 1. The van der Waals surface area contributed by atoms with Crippen LogP contribution in [0.5, 0.6) is 0 Å². The molecule has 0 atom stereocenters. The smallest absolute Gasteiger partial charge is 0.308 e. The van der Waals surface area contributed by atoms with Crippen LogP contribution in [0.3, 0.4) is 0 Å².